The van der Waals surface area contributed by atoms with Gasteiger partial charge in [0.1, 0.15) is 16.9 Å². The Morgan fingerprint density at radius 3 is 1.74 bits per heavy atom. The molecule has 5 heteroatoms. The van der Waals surface area contributed by atoms with Crippen molar-refractivity contribution in [3.05, 3.63) is 218 Å². The fraction of sp³-hybridized carbons (Fsp3) is 0. The Morgan fingerprint density at radius 1 is 0.387 bits per heavy atom. The summed E-state index contributed by atoms with van der Waals surface area (Å²) in [5.41, 5.74) is 15.8. The third kappa shape index (κ3) is 6.06. The molecule has 0 radical (unpaired) electrons. The van der Waals surface area contributed by atoms with E-state index in [1.54, 1.807) is 0 Å². The number of hydrogen-bond donors (Lipinski definition) is 0. The largest absolute Gasteiger partial charge is 0.455 e. The molecule has 290 valence electrons. The van der Waals surface area contributed by atoms with E-state index in [0.29, 0.717) is 5.82 Å². The van der Waals surface area contributed by atoms with Crippen molar-refractivity contribution < 1.29 is 4.42 Å². The van der Waals surface area contributed by atoms with Crippen LogP contribution in [0.4, 0.5) is 0 Å². The van der Waals surface area contributed by atoms with Gasteiger partial charge in [-0.05, 0) is 40.8 Å². The maximum absolute atomic E-state index is 6.44. The zero-order valence-corrected chi connectivity index (χ0v) is 33.5. The topological polar surface area (TPSA) is 56.2 Å². The second kappa shape index (κ2) is 14.7. The van der Waals surface area contributed by atoms with Gasteiger partial charge in [-0.2, -0.15) is 5.10 Å². The lowest BCUT2D eigenvalue weighted by Crippen LogP contribution is -1.96. The zero-order chi connectivity index (χ0) is 41.0. The van der Waals surface area contributed by atoms with Gasteiger partial charge in [0.25, 0.3) is 0 Å². The van der Waals surface area contributed by atoms with Crippen LogP contribution in [-0.4, -0.2) is 19.6 Å². The fourth-order valence-corrected chi connectivity index (χ4v) is 8.86. The van der Waals surface area contributed by atoms with Crippen LogP contribution in [0.15, 0.2) is 223 Å². The first-order valence-corrected chi connectivity index (χ1v) is 20.9. The van der Waals surface area contributed by atoms with Gasteiger partial charge in [-0.25, -0.2) is 14.5 Å². The Balaban J connectivity index is 1.000. The second-order valence-electron chi connectivity index (χ2n) is 15.6. The molecule has 62 heavy (non-hydrogen) atoms. The van der Waals surface area contributed by atoms with Crippen molar-refractivity contribution in [2.75, 3.05) is 0 Å². The van der Waals surface area contributed by atoms with E-state index in [1.807, 2.05) is 30.3 Å². The van der Waals surface area contributed by atoms with E-state index in [9.17, 15) is 0 Å². The summed E-state index contributed by atoms with van der Waals surface area (Å²) in [5, 5.41) is 9.99. The number of hydrogen-bond acceptors (Lipinski definition) is 4. The highest BCUT2D eigenvalue weighted by Gasteiger charge is 2.22. The Bertz CT molecular complexity index is 3610. The van der Waals surface area contributed by atoms with Crippen molar-refractivity contribution >= 4 is 38.2 Å². The molecule has 0 aliphatic carbocycles. The second-order valence-corrected chi connectivity index (χ2v) is 15.6. The van der Waals surface area contributed by atoms with Crippen molar-refractivity contribution in [2.45, 2.75) is 0 Å². The van der Waals surface area contributed by atoms with Crippen LogP contribution in [-0.2, 0) is 0 Å². The van der Waals surface area contributed by atoms with Gasteiger partial charge in [-0.3, -0.25) is 0 Å². The Morgan fingerprint density at radius 2 is 0.968 bits per heavy atom. The molecular weight excluding hydrogens is 757 g/mol. The summed E-state index contributed by atoms with van der Waals surface area (Å²) in [6.45, 7) is 0. The van der Waals surface area contributed by atoms with Gasteiger partial charge in [0.05, 0.1) is 22.6 Å². The molecule has 8 aromatic carbocycles. The Hall–Kier alpha value is -8.41. The zero-order valence-electron chi connectivity index (χ0n) is 33.5. The van der Waals surface area contributed by atoms with Crippen LogP contribution < -0.4 is 0 Å². The van der Waals surface area contributed by atoms with Gasteiger partial charge in [0, 0.05) is 55.1 Å². The number of furan rings is 1. The van der Waals surface area contributed by atoms with E-state index in [1.165, 1.54) is 5.39 Å². The van der Waals surface area contributed by atoms with Crippen LogP contribution in [0.25, 0.3) is 117 Å². The van der Waals surface area contributed by atoms with E-state index in [-0.39, 0.29) is 0 Å². The van der Waals surface area contributed by atoms with Gasteiger partial charge < -0.3 is 4.42 Å². The highest BCUT2D eigenvalue weighted by atomic mass is 16.3. The molecule has 0 fully saturated rings. The van der Waals surface area contributed by atoms with Crippen LogP contribution >= 0.6 is 0 Å². The molecule has 0 aliphatic rings. The first-order valence-electron chi connectivity index (χ1n) is 20.9. The first-order chi connectivity index (χ1) is 30.7. The normalized spacial score (nSPS) is 11.5. The average molecular weight is 793 g/mol. The molecule has 0 N–H and O–H groups in total. The predicted molar refractivity (Wildman–Crippen MR) is 254 cm³/mol. The minimum atomic E-state index is 0.666. The SMILES string of the molecule is c1ccc(-c2nc(-c3ccc(-c4nn5c(-c6ccccc6)cc6ccccc6c5c4-c4ccccc4)cc3)cc(-c3cccc(-c4cccc5c4oc4ccccc45)c3)n2)cc1. The Kier molecular flexibility index (Phi) is 8.42. The molecular formula is C57H36N4O. The fourth-order valence-electron chi connectivity index (χ4n) is 8.86. The van der Waals surface area contributed by atoms with Crippen molar-refractivity contribution in [3.63, 3.8) is 0 Å². The minimum Gasteiger partial charge on any atom is -0.455 e. The molecule has 5 nitrogen and oxygen atoms in total. The minimum absolute atomic E-state index is 0.666. The molecule has 4 heterocycles. The Labute approximate surface area is 357 Å². The molecule has 0 spiro atoms. The summed E-state index contributed by atoms with van der Waals surface area (Å²) >= 11 is 0. The summed E-state index contributed by atoms with van der Waals surface area (Å²) in [7, 11) is 0. The number of rotatable bonds is 7. The molecule has 4 aromatic heterocycles. The summed E-state index contributed by atoms with van der Waals surface area (Å²) in [5.74, 6) is 0.666. The first kappa shape index (κ1) is 35.5. The summed E-state index contributed by atoms with van der Waals surface area (Å²) in [6, 6.07) is 76.1. The summed E-state index contributed by atoms with van der Waals surface area (Å²) in [6.07, 6.45) is 0. The summed E-state index contributed by atoms with van der Waals surface area (Å²) in [4.78, 5) is 10.4. The van der Waals surface area contributed by atoms with Gasteiger partial charge in [-0.1, -0.05) is 194 Å². The van der Waals surface area contributed by atoms with Gasteiger partial charge in [0.15, 0.2) is 5.82 Å². The maximum atomic E-state index is 6.44. The van der Waals surface area contributed by atoms with Gasteiger partial charge in [-0.15, -0.1) is 0 Å². The maximum Gasteiger partial charge on any atom is 0.160 e. The molecule has 12 rings (SSSR count). The number of benzene rings is 8. The van der Waals surface area contributed by atoms with Crippen LogP contribution in [0.3, 0.4) is 0 Å². The lowest BCUT2D eigenvalue weighted by atomic mass is 9.96. The van der Waals surface area contributed by atoms with Crippen LogP contribution in [0.1, 0.15) is 0 Å². The van der Waals surface area contributed by atoms with Gasteiger partial charge >= 0.3 is 0 Å². The molecule has 0 saturated carbocycles. The van der Waals surface area contributed by atoms with Crippen LogP contribution in [0.2, 0.25) is 0 Å². The van der Waals surface area contributed by atoms with E-state index in [0.717, 1.165) is 106 Å². The molecule has 0 atom stereocenters. The highest BCUT2D eigenvalue weighted by Crippen LogP contribution is 2.42. The lowest BCUT2D eigenvalue weighted by molar-refractivity contribution is 0.670. The van der Waals surface area contributed by atoms with Crippen LogP contribution in [0.5, 0.6) is 0 Å². The number of para-hydroxylation sites is 2. The quantitative estimate of drug-likeness (QED) is 0.161. The third-order valence-electron chi connectivity index (χ3n) is 11.8. The average Bonchev–Trinajstić information content (AvgIpc) is 3.95. The molecule has 0 aliphatic heterocycles. The molecule has 0 unspecified atom stereocenters. The number of fused-ring (bicyclic) bond motifs is 6. The number of nitrogens with zero attached hydrogens (tertiary/aromatic N) is 4. The van der Waals surface area contributed by atoms with E-state index >= 15 is 0 Å². The van der Waals surface area contributed by atoms with Crippen molar-refractivity contribution in [2.24, 2.45) is 0 Å². The molecule has 0 bridgehead atoms. The van der Waals surface area contributed by atoms with E-state index in [4.69, 9.17) is 19.5 Å². The lowest BCUT2D eigenvalue weighted by Gasteiger charge is -2.11. The number of aromatic nitrogens is 4. The third-order valence-corrected chi connectivity index (χ3v) is 11.8. The van der Waals surface area contributed by atoms with Crippen LogP contribution in [0, 0.1) is 0 Å². The molecule has 12 aromatic rings. The highest BCUT2D eigenvalue weighted by molar-refractivity contribution is 6.10. The monoisotopic (exact) mass is 792 g/mol. The summed E-state index contributed by atoms with van der Waals surface area (Å²) < 4.78 is 8.58. The molecule has 0 amide bonds. The number of pyridine rings is 1. The predicted octanol–water partition coefficient (Wildman–Crippen LogP) is 14.8. The van der Waals surface area contributed by atoms with Crippen molar-refractivity contribution in [1.82, 2.24) is 19.6 Å². The smallest absolute Gasteiger partial charge is 0.160 e. The molecule has 0 saturated heterocycles. The van der Waals surface area contributed by atoms with Crippen molar-refractivity contribution in [1.29, 1.82) is 0 Å². The van der Waals surface area contributed by atoms with E-state index in [2.05, 4.69) is 193 Å². The van der Waals surface area contributed by atoms with E-state index < -0.39 is 0 Å². The van der Waals surface area contributed by atoms with Crippen molar-refractivity contribution in [3.8, 4) is 78.7 Å². The standard InChI is InChI=1S/C57H36N4O/c1-4-16-38(17-5-1)51-35-43-22-10-11-25-45(43)55-53(39-18-6-2-7-19-39)54(60-61(51)55)40-32-30-37(31-33-40)49-36-50(59-57(58-49)41-20-8-3-9-21-41)44-24-14-23-42(34-44)46-27-15-28-48-47-26-12-13-29-52(47)62-56(46)48/h1-36H. The van der Waals surface area contributed by atoms with Gasteiger partial charge in [0.2, 0.25) is 0 Å².